The van der Waals surface area contributed by atoms with Gasteiger partial charge >= 0.3 is 0 Å². The zero-order chi connectivity index (χ0) is 26.4. The monoisotopic (exact) mass is 513 g/mol. The normalized spacial score (nSPS) is 19.2. The molecule has 2 aliphatic heterocycles. The van der Waals surface area contributed by atoms with Crippen LogP contribution in [0.2, 0.25) is 0 Å². The number of fused-ring (bicyclic) bond motifs is 1. The average Bonchev–Trinajstić information content (AvgIpc) is 3.12. The maximum Gasteiger partial charge on any atom is 0.185 e. The molecule has 1 fully saturated rings. The van der Waals surface area contributed by atoms with Crippen LogP contribution in [-0.2, 0) is 16.1 Å². The van der Waals surface area contributed by atoms with E-state index >= 15 is 0 Å². The average molecular weight is 514 g/mol. The number of methoxy groups -OCH3 is 1. The van der Waals surface area contributed by atoms with E-state index in [1.165, 1.54) is 6.07 Å². The van der Waals surface area contributed by atoms with Gasteiger partial charge in [-0.25, -0.2) is 13.2 Å². The highest BCUT2D eigenvalue weighted by Crippen LogP contribution is 2.29. The van der Waals surface area contributed by atoms with Crippen molar-refractivity contribution in [2.45, 2.75) is 20.0 Å². The molecule has 1 aliphatic carbocycles. The second-order valence-electron chi connectivity index (χ2n) is 8.37. The predicted molar refractivity (Wildman–Crippen MR) is 139 cm³/mol. The zero-order valence-electron chi connectivity index (χ0n) is 21.1. The number of aliphatic imine (C=N–C) groups is 2. The summed E-state index contributed by atoms with van der Waals surface area (Å²) in [7, 11) is 3.33. The molecule has 0 bridgehead atoms. The van der Waals surface area contributed by atoms with Gasteiger partial charge in [-0.3, -0.25) is 20.0 Å². The van der Waals surface area contributed by atoms with Crippen LogP contribution in [0.5, 0.6) is 0 Å². The van der Waals surface area contributed by atoms with E-state index < -0.39 is 18.3 Å². The molecule has 1 aromatic carbocycles. The van der Waals surface area contributed by atoms with E-state index in [2.05, 4.69) is 9.98 Å². The lowest BCUT2D eigenvalue weighted by atomic mass is 10.1. The van der Waals surface area contributed by atoms with Crippen LogP contribution < -0.4 is 5.01 Å². The molecular weight excluding hydrogens is 483 g/mol. The largest absolute Gasteiger partial charge is 0.495 e. The van der Waals surface area contributed by atoms with Gasteiger partial charge in [0.2, 0.25) is 0 Å². The summed E-state index contributed by atoms with van der Waals surface area (Å²) in [6.07, 6.45) is 14.0. The minimum absolute atomic E-state index is 0.313. The fourth-order valence-electron chi connectivity index (χ4n) is 4.38. The number of nitrogens with zero attached hydrogens (tertiary/aromatic N) is 5. The van der Waals surface area contributed by atoms with Crippen LogP contribution in [-0.4, -0.2) is 62.5 Å². The van der Waals surface area contributed by atoms with Gasteiger partial charge in [0.05, 0.1) is 44.5 Å². The highest BCUT2D eigenvalue weighted by Gasteiger charge is 2.31. The lowest BCUT2D eigenvalue weighted by molar-refractivity contribution is 0.158. The second-order valence-corrected chi connectivity index (χ2v) is 8.37. The summed E-state index contributed by atoms with van der Waals surface area (Å²) >= 11 is 0. The van der Waals surface area contributed by atoms with E-state index in [-0.39, 0.29) is 5.56 Å². The van der Waals surface area contributed by atoms with Gasteiger partial charge in [-0.2, -0.15) is 0 Å². The van der Waals surface area contributed by atoms with Crippen LogP contribution in [0.25, 0.3) is 0 Å². The van der Waals surface area contributed by atoms with Gasteiger partial charge in [-0.15, -0.1) is 0 Å². The Morgan fingerprint density at radius 1 is 1.24 bits per heavy atom. The van der Waals surface area contributed by atoms with Crippen molar-refractivity contribution in [1.82, 2.24) is 9.91 Å². The number of halogens is 3. The topological polar surface area (TPSA) is 52.9 Å². The van der Waals surface area contributed by atoms with Gasteiger partial charge in [0.1, 0.15) is 19.0 Å². The number of hydrogen-bond acceptors (Lipinski definition) is 6. The van der Waals surface area contributed by atoms with Gasteiger partial charge in [0.25, 0.3) is 0 Å². The van der Waals surface area contributed by atoms with Crippen molar-refractivity contribution >= 4 is 17.9 Å². The SMILES string of the molecule is C/C=C/N(C=NC)C1=C(OC)C=C(/C=C2\OCCN3C2=NCCN3c2cc(F)c(F)c(CF)c2)C=CC1. The van der Waals surface area contributed by atoms with Gasteiger partial charge in [-0.1, -0.05) is 18.2 Å². The Balaban J connectivity index is 1.67. The number of rotatable bonds is 7. The molecule has 37 heavy (non-hydrogen) atoms. The van der Waals surface area contributed by atoms with Gasteiger partial charge < -0.3 is 14.4 Å². The molecule has 0 unspecified atom stereocenters. The Morgan fingerprint density at radius 3 is 2.81 bits per heavy atom. The van der Waals surface area contributed by atoms with E-state index in [1.54, 1.807) is 25.5 Å². The van der Waals surface area contributed by atoms with Crippen molar-refractivity contribution in [3.63, 3.8) is 0 Å². The van der Waals surface area contributed by atoms with E-state index in [9.17, 15) is 13.2 Å². The number of hydrogen-bond donors (Lipinski definition) is 0. The number of allylic oxidation sites excluding steroid dienone is 6. The van der Waals surface area contributed by atoms with Crippen molar-refractivity contribution in [2.24, 2.45) is 9.98 Å². The maximum atomic E-state index is 14.2. The van der Waals surface area contributed by atoms with Crippen LogP contribution in [0.15, 0.2) is 81.5 Å². The van der Waals surface area contributed by atoms with E-state index in [0.717, 1.165) is 17.3 Å². The predicted octanol–water partition coefficient (Wildman–Crippen LogP) is 5.02. The molecule has 0 atom stereocenters. The van der Waals surface area contributed by atoms with Gasteiger partial charge in [0.15, 0.2) is 23.2 Å². The number of hydrazine groups is 1. The molecule has 0 spiro atoms. The first-order valence-electron chi connectivity index (χ1n) is 12.0. The lowest BCUT2D eigenvalue weighted by Crippen LogP contribution is -2.55. The van der Waals surface area contributed by atoms with E-state index in [1.807, 2.05) is 53.4 Å². The van der Waals surface area contributed by atoms with Crippen molar-refractivity contribution < 1.29 is 22.6 Å². The summed E-state index contributed by atoms with van der Waals surface area (Å²) in [6, 6.07) is 2.42. The minimum atomic E-state index is -1.16. The highest BCUT2D eigenvalue weighted by atomic mass is 19.2. The molecule has 1 saturated heterocycles. The van der Waals surface area contributed by atoms with Crippen LogP contribution in [0.1, 0.15) is 18.9 Å². The summed E-state index contributed by atoms with van der Waals surface area (Å²) in [6.45, 7) is 2.51. The second kappa shape index (κ2) is 11.9. The molecule has 10 heteroatoms. The molecule has 3 aliphatic rings. The van der Waals surface area contributed by atoms with Crippen LogP contribution in [0, 0.1) is 11.6 Å². The van der Waals surface area contributed by atoms with Crippen LogP contribution in [0.3, 0.4) is 0 Å². The fraction of sp³-hybridized carbons (Fsp3) is 0.333. The zero-order valence-corrected chi connectivity index (χ0v) is 21.1. The molecular formula is C27H30F3N5O2. The standard InChI is InChI=1S/C27H30F3N5O2/c1-4-9-33(18-31-2)23-7-5-6-19(13-24(23)36-3)14-25-27-32-8-10-34(35(27)11-12-37-25)21-15-20(17-28)26(30)22(29)16-21/h4-6,9,13-16,18H,7-8,10-12,17H2,1-3H3/b9-4+,25-14-,31-18?. The van der Waals surface area contributed by atoms with Crippen LogP contribution in [0.4, 0.5) is 18.9 Å². The van der Waals surface area contributed by atoms with E-state index in [0.29, 0.717) is 55.7 Å². The smallest absolute Gasteiger partial charge is 0.185 e. The summed E-state index contributed by atoms with van der Waals surface area (Å²) in [4.78, 5) is 10.7. The molecule has 0 N–H and O–H groups in total. The lowest BCUT2D eigenvalue weighted by Gasteiger charge is -2.44. The maximum absolute atomic E-state index is 14.2. The molecule has 4 rings (SSSR count). The third kappa shape index (κ3) is 5.58. The van der Waals surface area contributed by atoms with E-state index in [4.69, 9.17) is 9.47 Å². The van der Waals surface area contributed by atoms with Gasteiger partial charge in [0, 0.05) is 31.3 Å². The molecule has 0 amide bonds. The fourth-order valence-corrected chi connectivity index (χ4v) is 4.38. The molecule has 7 nitrogen and oxygen atoms in total. The van der Waals surface area contributed by atoms with Crippen molar-refractivity contribution in [2.75, 3.05) is 45.4 Å². The third-order valence-electron chi connectivity index (χ3n) is 6.00. The number of ether oxygens (including phenoxy) is 2. The van der Waals surface area contributed by atoms with Crippen LogP contribution >= 0.6 is 0 Å². The van der Waals surface area contributed by atoms with Crippen molar-refractivity contribution in [3.8, 4) is 0 Å². The number of anilines is 1. The molecule has 0 radical (unpaired) electrons. The summed E-state index contributed by atoms with van der Waals surface area (Å²) in [5.41, 5.74) is 1.81. The molecule has 196 valence electrons. The number of benzene rings is 1. The number of alkyl halides is 1. The summed E-state index contributed by atoms with van der Waals surface area (Å²) in [5.74, 6) is -0.456. The first-order valence-corrected chi connectivity index (χ1v) is 12.0. The molecule has 2 heterocycles. The Hall–Kier alpha value is -3.95. The number of morpholine rings is 1. The molecule has 0 saturated carbocycles. The Morgan fingerprint density at radius 2 is 2.08 bits per heavy atom. The van der Waals surface area contributed by atoms with Crippen molar-refractivity contribution in [3.05, 3.63) is 88.7 Å². The first kappa shape index (κ1) is 26.1. The summed E-state index contributed by atoms with van der Waals surface area (Å²) in [5, 5.41) is 3.65. The minimum Gasteiger partial charge on any atom is -0.495 e. The quantitative estimate of drug-likeness (QED) is 0.379. The number of amidine groups is 1. The molecule has 0 aromatic heterocycles. The Labute approximate surface area is 214 Å². The van der Waals surface area contributed by atoms with Crippen molar-refractivity contribution in [1.29, 1.82) is 0 Å². The Bertz CT molecular complexity index is 1220. The molecule has 1 aromatic rings. The first-order chi connectivity index (χ1) is 18.0. The highest BCUT2D eigenvalue weighted by molar-refractivity contribution is 5.99. The van der Waals surface area contributed by atoms with Gasteiger partial charge in [-0.05, 0) is 30.7 Å². The third-order valence-corrected chi connectivity index (χ3v) is 6.00. The summed E-state index contributed by atoms with van der Waals surface area (Å²) < 4.78 is 53.1. The Kier molecular flexibility index (Phi) is 8.37.